The first-order chi connectivity index (χ1) is 10.1. The van der Waals surface area contributed by atoms with Crippen LogP contribution in [0, 0.1) is 0 Å². The van der Waals surface area contributed by atoms with Gasteiger partial charge in [-0.15, -0.1) is 0 Å². The zero-order valence-electron chi connectivity index (χ0n) is 12.0. The molecule has 0 N–H and O–H groups in total. The summed E-state index contributed by atoms with van der Waals surface area (Å²) in [6, 6.07) is 3.45. The molecule has 1 heterocycles. The molecule has 1 aliphatic rings. The molecule has 0 fully saturated rings. The van der Waals surface area contributed by atoms with E-state index in [4.69, 9.17) is 9.47 Å². The van der Waals surface area contributed by atoms with Gasteiger partial charge in [-0.3, -0.25) is 14.5 Å². The number of carbonyl (C=O) groups is 3. The highest BCUT2D eigenvalue weighted by Gasteiger charge is 2.28. The molecule has 0 unspecified atom stereocenters. The fourth-order valence-electron chi connectivity index (χ4n) is 2.38. The number of methoxy groups -OCH3 is 2. The Morgan fingerprint density at radius 3 is 1.90 bits per heavy atom. The number of ether oxygens (including phenoxy) is 2. The lowest BCUT2D eigenvalue weighted by atomic mass is 10.0. The number of hydrogen-bond acceptors (Lipinski definition) is 5. The van der Waals surface area contributed by atoms with E-state index >= 15 is 0 Å². The van der Waals surface area contributed by atoms with Gasteiger partial charge >= 0.3 is 0 Å². The predicted molar refractivity (Wildman–Crippen MR) is 74.4 cm³/mol. The molecule has 0 radical (unpaired) electrons. The van der Waals surface area contributed by atoms with Crippen molar-refractivity contribution in [3.8, 4) is 11.5 Å². The zero-order valence-corrected chi connectivity index (χ0v) is 12.0. The molecule has 2 amide bonds. The van der Waals surface area contributed by atoms with Gasteiger partial charge < -0.3 is 14.3 Å². The van der Waals surface area contributed by atoms with Crippen LogP contribution in [0.1, 0.15) is 17.5 Å². The maximum Gasteiger partial charge on any atom is 0.233 e. The van der Waals surface area contributed by atoms with Crippen molar-refractivity contribution in [1.82, 2.24) is 4.90 Å². The normalized spacial score (nSPS) is 14.5. The summed E-state index contributed by atoms with van der Waals surface area (Å²) in [6.07, 6.45) is 1.08. The van der Waals surface area contributed by atoms with Crippen LogP contribution in [0.5, 0.6) is 11.5 Å². The molecule has 2 rings (SSSR count). The van der Waals surface area contributed by atoms with Crippen LogP contribution in [-0.4, -0.2) is 43.8 Å². The van der Waals surface area contributed by atoms with Crippen LogP contribution in [0.2, 0.25) is 0 Å². The average Bonchev–Trinajstić information content (AvgIpc) is 2.59. The highest BCUT2D eigenvalue weighted by molar-refractivity contribution is 5.99. The summed E-state index contributed by atoms with van der Waals surface area (Å²) in [7, 11) is 3.04. The van der Waals surface area contributed by atoms with Gasteiger partial charge in [0.1, 0.15) is 6.29 Å². The average molecular weight is 291 g/mol. The third-order valence-electron chi connectivity index (χ3n) is 3.46. The Morgan fingerprint density at radius 2 is 1.52 bits per heavy atom. The second-order valence-corrected chi connectivity index (χ2v) is 4.72. The molecule has 6 nitrogen and oxygen atoms in total. The number of nitrogens with zero attached hydrogens (tertiary/aromatic N) is 1. The van der Waals surface area contributed by atoms with E-state index in [1.807, 2.05) is 0 Å². The van der Waals surface area contributed by atoms with Gasteiger partial charge in [0.2, 0.25) is 11.8 Å². The van der Waals surface area contributed by atoms with Crippen LogP contribution >= 0.6 is 0 Å². The highest BCUT2D eigenvalue weighted by Crippen LogP contribution is 2.32. The minimum atomic E-state index is -0.298. The topological polar surface area (TPSA) is 72.9 Å². The number of imide groups is 1. The first kappa shape index (κ1) is 15.0. The zero-order chi connectivity index (χ0) is 15.4. The number of fused-ring (bicyclic) bond motifs is 1. The Morgan fingerprint density at radius 1 is 1.05 bits per heavy atom. The van der Waals surface area contributed by atoms with E-state index in [9.17, 15) is 14.4 Å². The molecule has 0 saturated carbocycles. The molecule has 112 valence electrons. The lowest BCUT2D eigenvalue weighted by molar-refractivity contribution is -0.143. The van der Waals surface area contributed by atoms with Crippen LogP contribution in [0.3, 0.4) is 0 Å². The van der Waals surface area contributed by atoms with E-state index in [2.05, 4.69) is 0 Å². The third-order valence-corrected chi connectivity index (χ3v) is 3.46. The van der Waals surface area contributed by atoms with Gasteiger partial charge in [0.15, 0.2) is 11.5 Å². The molecule has 0 bridgehead atoms. The Labute approximate surface area is 122 Å². The molecule has 1 aromatic carbocycles. The molecular formula is C15H17NO5. The van der Waals surface area contributed by atoms with Crippen LogP contribution in [0.25, 0.3) is 0 Å². The molecule has 0 saturated heterocycles. The van der Waals surface area contributed by atoms with Crippen molar-refractivity contribution in [3.05, 3.63) is 23.3 Å². The lowest BCUT2D eigenvalue weighted by Crippen LogP contribution is -2.37. The van der Waals surface area contributed by atoms with Crippen molar-refractivity contribution in [2.24, 2.45) is 0 Å². The first-order valence-corrected chi connectivity index (χ1v) is 6.61. The summed E-state index contributed by atoms with van der Waals surface area (Å²) < 4.78 is 10.4. The Hall–Kier alpha value is -2.37. The molecule has 0 aromatic heterocycles. The fraction of sp³-hybridized carbons (Fsp3) is 0.400. The minimum Gasteiger partial charge on any atom is -0.493 e. The number of carbonyl (C=O) groups excluding carboxylic acids is 3. The monoisotopic (exact) mass is 291 g/mol. The van der Waals surface area contributed by atoms with Gasteiger partial charge in [0.25, 0.3) is 0 Å². The standard InChI is InChI=1S/C15H17NO5/c1-20-12-6-10-8-14(18)16(4-3-5-17)15(19)9-11(10)7-13(12)21-2/h5-7H,3-4,8-9H2,1-2H3. The predicted octanol–water partition coefficient (Wildman–Crippen LogP) is 0.747. The summed E-state index contributed by atoms with van der Waals surface area (Å²) in [5.41, 5.74) is 1.50. The van der Waals surface area contributed by atoms with Crippen molar-refractivity contribution in [3.63, 3.8) is 0 Å². The third kappa shape index (κ3) is 3.04. The molecule has 1 aliphatic heterocycles. The maximum atomic E-state index is 12.2. The number of hydrogen-bond donors (Lipinski definition) is 0. The van der Waals surface area contributed by atoms with E-state index in [1.165, 1.54) is 14.2 Å². The van der Waals surface area contributed by atoms with Crippen LogP contribution < -0.4 is 9.47 Å². The molecule has 21 heavy (non-hydrogen) atoms. The SMILES string of the molecule is COc1cc2c(cc1OC)CC(=O)N(CCC=O)C(=O)C2. The van der Waals surface area contributed by atoms with Crippen molar-refractivity contribution in [2.75, 3.05) is 20.8 Å². The Balaban J connectivity index is 2.36. The lowest BCUT2D eigenvalue weighted by Gasteiger charge is -2.16. The molecule has 6 heteroatoms. The van der Waals surface area contributed by atoms with Crippen molar-refractivity contribution in [1.29, 1.82) is 0 Å². The molecule has 0 spiro atoms. The van der Waals surface area contributed by atoms with Gasteiger partial charge in [-0.05, 0) is 23.3 Å². The summed E-state index contributed by atoms with van der Waals surface area (Å²) in [6.45, 7) is 0.128. The summed E-state index contributed by atoms with van der Waals surface area (Å²) in [5.74, 6) is 0.455. The van der Waals surface area contributed by atoms with Crippen LogP contribution in [0.15, 0.2) is 12.1 Å². The number of rotatable bonds is 5. The second-order valence-electron chi connectivity index (χ2n) is 4.72. The largest absolute Gasteiger partial charge is 0.493 e. The van der Waals surface area contributed by atoms with E-state index < -0.39 is 0 Å². The summed E-state index contributed by atoms with van der Waals surface area (Å²) in [4.78, 5) is 35.9. The first-order valence-electron chi connectivity index (χ1n) is 6.61. The Kier molecular flexibility index (Phi) is 4.57. The van der Waals surface area contributed by atoms with Crippen LogP contribution in [0.4, 0.5) is 0 Å². The molecule has 1 aromatic rings. The highest BCUT2D eigenvalue weighted by atomic mass is 16.5. The molecule has 0 atom stereocenters. The van der Waals surface area contributed by atoms with E-state index in [-0.39, 0.29) is 37.6 Å². The van der Waals surface area contributed by atoms with Gasteiger partial charge in [-0.1, -0.05) is 0 Å². The van der Waals surface area contributed by atoms with Crippen molar-refractivity contribution >= 4 is 18.1 Å². The number of aldehydes is 1. The van der Waals surface area contributed by atoms with Gasteiger partial charge in [0.05, 0.1) is 27.1 Å². The van der Waals surface area contributed by atoms with Crippen molar-refractivity contribution in [2.45, 2.75) is 19.3 Å². The second kappa shape index (κ2) is 6.39. The van der Waals surface area contributed by atoms with Gasteiger partial charge in [0, 0.05) is 13.0 Å². The number of amides is 2. The van der Waals surface area contributed by atoms with E-state index in [1.54, 1.807) is 12.1 Å². The quantitative estimate of drug-likeness (QED) is 0.591. The van der Waals surface area contributed by atoms with Gasteiger partial charge in [-0.25, -0.2) is 0 Å². The smallest absolute Gasteiger partial charge is 0.233 e. The fourth-order valence-corrected chi connectivity index (χ4v) is 2.38. The molecular weight excluding hydrogens is 274 g/mol. The number of benzene rings is 1. The Bertz CT molecular complexity index is 537. The van der Waals surface area contributed by atoms with Crippen LogP contribution in [-0.2, 0) is 27.2 Å². The molecule has 0 aliphatic carbocycles. The summed E-state index contributed by atoms with van der Waals surface area (Å²) >= 11 is 0. The van der Waals surface area contributed by atoms with Gasteiger partial charge in [-0.2, -0.15) is 0 Å². The maximum absolute atomic E-state index is 12.2. The van der Waals surface area contributed by atoms with Crippen molar-refractivity contribution < 1.29 is 23.9 Å². The summed E-state index contributed by atoms with van der Waals surface area (Å²) in [5, 5.41) is 0. The van der Waals surface area contributed by atoms with E-state index in [0.717, 1.165) is 16.0 Å². The van der Waals surface area contributed by atoms with E-state index in [0.29, 0.717) is 17.8 Å². The minimum absolute atomic E-state index is 0.111.